The third kappa shape index (κ3) is 1.98. The Morgan fingerprint density at radius 1 is 1.33 bits per heavy atom. The van der Waals surface area contributed by atoms with Crippen LogP contribution in [0.4, 0.5) is 0 Å². The molecule has 0 radical (unpaired) electrons. The summed E-state index contributed by atoms with van der Waals surface area (Å²) in [6.45, 7) is 0. The second kappa shape index (κ2) is 5.06. The molecule has 0 aliphatic heterocycles. The van der Waals surface area contributed by atoms with Crippen LogP contribution in [-0.2, 0) is 7.05 Å². The molecular formula is C18H21N5O. The van der Waals surface area contributed by atoms with E-state index in [1.54, 1.807) is 27.3 Å². The molecule has 2 saturated carbocycles. The number of carbonyl (C=O) groups is 1. The highest BCUT2D eigenvalue weighted by molar-refractivity contribution is 5.97. The van der Waals surface area contributed by atoms with E-state index in [1.165, 1.54) is 19.3 Å². The lowest BCUT2D eigenvalue weighted by Gasteiger charge is -2.21. The van der Waals surface area contributed by atoms with Crippen LogP contribution < -0.4 is 5.32 Å². The fraction of sp³-hybridized carbons (Fsp3) is 0.500. The molecule has 24 heavy (non-hydrogen) atoms. The third-order valence-electron chi connectivity index (χ3n) is 6.06. The van der Waals surface area contributed by atoms with E-state index in [4.69, 9.17) is 0 Å². The molecule has 5 rings (SSSR count). The van der Waals surface area contributed by atoms with Crippen LogP contribution >= 0.6 is 0 Å². The smallest absolute Gasteiger partial charge is 0.256 e. The molecule has 6 nitrogen and oxygen atoms in total. The van der Waals surface area contributed by atoms with Crippen molar-refractivity contribution in [1.82, 2.24) is 24.9 Å². The van der Waals surface area contributed by atoms with Gasteiger partial charge in [-0.3, -0.25) is 9.48 Å². The van der Waals surface area contributed by atoms with Crippen molar-refractivity contribution in [2.75, 3.05) is 0 Å². The first kappa shape index (κ1) is 14.0. The second-order valence-corrected chi connectivity index (χ2v) is 7.36. The van der Waals surface area contributed by atoms with Gasteiger partial charge in [0, 0.05) is 25.5 Å². The maximum atomic E-state index is 12.9. The van der Waals surface area contributed by atoms with Gasteiger partial charge in [-0.05, 0) is 49.5 Å². The number of amides is 1. The van der Waals surface area contributed by atoms with Crippen LogP contribution in [0, 0.1) is 17.8 Å². The molecule has 2 bridgehead atoms. The number of carbonyl (C=O) groups excluding carboxylic acids is 1. The van der Waals surface area contributed by atoms with Crippen LogP contribution in [0.3, 0.4) is 0 Å². The zero-order chi connectivity index (χ0) is 16.3. The number of aryl methyl sites for hydroxylation is 1. The van der Waals surface area contributed by atoms with Gasteiger partial charge in [-0.15, -0.1) is 0 Å². The maximum absolute atomic E-state index is 12.9. The van der Waals surface area contributed by atoms with Gasteiger partial charge in [0.15, 0.2) is 5.82 Å². The van der Waals surface area contributed by atoms with Crippen molar-refractivity contribution in [2.24, 2.45) is 24.8 Å². The molecule has 0 aromatic carbocycles. The maximum Gasteiger partial charge on any atom is 0.256 e. The number of hydrogen-bond donors (Lipinski definition) is 1. The Morgan fingerprint density at radius 3 is 3.08 bits per heavy atom. The van der Waals surface area contributed by atoms with Gasteiger partial charge in [-0.1, -0.05) is 11.6 Å². The normalized spacial score (nSPS) is 30.5. The van der Waals surface area contributed by atoms with Gasteiger partial charge in [-0.25, -0.2) is 4.68 Å². The molecule has 0 saturated heterocycles. The van der Waals surface area contributed by atoms with E-state index < -0.39 is 0 Å². The quantitative estimate of drug-likeness (QED) is 0.880. The van der Waals surface area contributed by atoms with Gasteiger partial charge in [0.25, 0.3) is 5.91 Å². The lowest BCUT2D eigenvalue weighted by Crippen LogP contribution is -2.38. The Labute approximate surface area is 140 Å². The first-order chi connectivity index (χ1) is 11.7. The largest absolute Gasteiger partial charge is 0.349 e. The van der Waals surface area contributed by atoms with Crippen LogP contribution in [0.2, 0.25) is 0 Å². The zero-order valence-electron chi connectivity index (χ0n) is 13.7. The van der Waals surface area contributed by atoms with Crippen molar-refractivity contribution in [3.63, 3.8) is 0 Å². The number of fused-ring (bicyclic) bond motifs is 1. The van der Waals surface area contributed by atoms with Crippen molar-refractivity contribution >= 4 is 5.91 Å². The lowest BCUT2D eigenvalue weighted by atomic mass is 9.89. The van der Waals surface area contributed by atoms with Gasteiger partial charge < -0.3 is 5.32 Å². The average molecular weight is 323 g/mol. The Morgan fingerprint density at radius 2 is 2.25 bits per heavy atom. The number of rotatable bonds is 3. The highest BCUT2D eigenvalue weighted by Crippen LogP contribution is 2.54. The van der Waals surface area contributed by atoms with E-state index in [9.17, 15) is 4.79 Å². The highest BCUT2D eigenvalue weighted by Gasteiger charge is 2.48. The fourth-order valence-corrected chi connectivity index (χ4v) is 5.01. The average Bonchev–Trinajstić information content (AvgIpc) is 3.29. The number of allylic oxidation sites excluding steroid dienone is 1. The molecule has 4 unspecified atom stereocenters. The fourth-order valence-electron chi connectivity index (χ4n) is 5.01. The minimum absolute atomic E-state index is 0.0392. The third-order valence-corrected chi connectivity index (χ3v) is 6.06. The standard InChI is InChI=1S/C18H21N5O/c1-22-18(23-6-2-5-19-23)15(10-20-22)17(24)21-16-9-12-4-3-11-7-13(12)14(16)8-11/h2,4-6,10-11,13-14,16H,3,7-9H2,1H3,(H,21,24). The van der Waals surface area contributed by atoms with E-state index in [2.05, 4.69) is 21.6 Å². The first-order valence-electron chi connectivity index (χ1n) is 8.72. The van der Waals surface area contributed by atoms with E-state index >= 15 is 0 Å². The predicted molar refractivity (Wildman–Crippen MR) is 88.6 cm³/mol. The number of nitrogens with one attached hydrogen (secondary N) is 1. The molecule has 3 aliphatic carbocycles. The minimum atomic E-state index is -0.0392. The molecule has 2 aromatic heterocycles. The van der Waals surface area contributed by atoms with Gasteiger partial charge in [-0.2, -0.15) is 10.2 Å². The monoisotopic (exact) mass is 323 g/mol. The molecule has 4 atom stereocenters. The molecule has 1 amide bonds. The lowest BCUT2D eigenvalue weighted by molar-refractivity contribution is 0.0925. The topological polar surface area (TPSA) is 64.7 Å². The Kier molecular flexibility index (Phi) is 2.96. The van der Waals surface area contributed by atoms with E-state index in [-0.39, 0.29) is 11.9 Å². The molecule has 2 aromatic rings. The molecule has 1 N–H and O–H groups in total. The Balaban J connectivity index is 1.41. The van der Waals surface area contributed by atoms with Gasteiger partial charge in [0.1, 0.15) is 5.56 Å². The van der Waals surface area contributed by atoms with Gasteiger partial charge in [0.05, 0.1) is 6.20 Å². The van der Waals surface area contributed by atoms with Crippen molar-refractivity contribution in [2.45, 2.75) is 31.7 Å². The van der Waals surface area contributed by atoms with Crippen LogP contribution in [0.25, 0.3) is 5.82 Å². The van der Waals surface area contributed by atoms with E-state index in [0.29, 0.717) is 23.2 Å². The number of hydrogen-bond acceptors (Lipinski definition) is 3. The summed E-state index contributed by atoms with van der Waals surface area (Å²) in [5.74, 6) is 2.84. The first-order valence-corrected chi connectivity index (χ1v) is 8.72. The van der Waals surface area contributed by atoms with Crippen LogP contribution in [-0.4, -0.2) is 31.5 Å². The van der Waals surface area contributed by atoms with E-state index in [0.717, 1.165) is 12.3 Å². The number of aromatic nitrogens is 4. The summed E-state index contributed by atoms with van der Waals surface area (Å²) in [4.78, 5) is 12.9. The Hall–Kier alpha value is -2.37. The summed E-state index contributed by atoms with van der Waals surface area (Å²) in [5, 5.41) is 11.8. The van der Waals surface area contributed by atoms with Crippen molar-refractivity contribution in [1.29, 1.82) is 0 Å². The number of nitrogens with zero attached hydrogens (tertiary/aromatic N) is 4. The van der Waals surface area contributed by atoms with Crippen molar-refractivity contribution in [3.8, 4) is 5.82 Å². The van der Waals surface area contributed by atoms with E-state index in [1.807, 2.05) is 19.3 Å². The predicted octanol–water partition coefficient (Wildman–Crippen LogP) is 2.08. The van der Waals surface area contributed by atoms with Gasteiger partial charge >= 0.3 is 0 Å². The molecule has 2 heterocycles. The minimum Gasteiger partial charge on any atom is -0.349 e. The summed E-state index contributed by atoms with van der Waals surface area (Å²) in [6, 6.07) is 2.11. The van der Waals surface area contributed by atoms with Crippen LogP contribution in [0.15, 0.2) is 36.3 Å². The molecule has 3 aliphatic rings. The summed E-state index contributed by atoms with van der Waals surface area (Å²) in [5.41, 5.74) is 2.17. The van der Waals surface area contributed by atoms with Crippen molar-refractivity contribution in [3.05, 3.63) is 41.9 Å². The summed E-state index contributed by atoms with van der Waals surface area (Å²) < 4.78 is 3.39. The second-order valence-electron chi connectivity index (χ2n) is 7.36. The molecule has 6 heteroatoms. The Bertz CT molecular complexity index is 819. The SMILES string of the molecule is Cn1ncc(C(=O)NC2CC3=CCC4CC3C2C4)c1-n1cccn1. The van der Waals surface area contributed by atoms with Crippen LogP contribution in [0.1, 0.15) is 36.0 Å². The molecule has 124 valence electrons. The summed E-state index contributed by atoms with van der Waals surface area (Å²) >= 11 is 0. The van der Waals surface area contributed by atoms with Crippen molar-refractivity contribution < 1.29 is 4.79 Å². The summed E-state index contributed by atoms with van der Waals surface area (Å²) in [7, 11) is 1.83. The molecule has 0 spiro atoms. The molecular weight excluding hydrogens is 302 g/mol. The molecule has 2 fully saturated rings. The van der Waals surface area contributed by atoms with Gasteiger partial charge in [0.2, 0.25) is 0 Å². The van der Waals surface area contributed by atoms with Crippen LogP contribution in [0.5, 0.6) is 0 Å². The zero-order valence-corrected chi connectivity index (χ0v) is 13.7. The summed E-state index contributed by atoms with van der Waals surface area (Å²) in [6.07, 6.45) is 12.5. The highest BCUT2D eigenvalue weighted by atomic mass is 16.1.